The van der Waals surface area contributed by atoms with Crippen LogP contribution in [0, 0.1) is 0 Å². The molecule has 1 aliphatic rings. The van der Waals surface area contributed by atoms with E-state index in [1.807, 2.05) is 13.1 Å². The van der Waals surface area contributed by atoms with Crippen molar-refractivity contribution in [3.8, 4) is 11.1 Å². The van der Waals surface area contributed by atoms with Gasteiger partial charge in [0.05, 0.1) is 18.0 Å². The summed E-state index contributed by atoms with van der Waals surface area (Å²) in [5, 5.41) is 4.61. The van der Waals surface area contributed by atoms with Gasteiger partial charge in [-0.3, -0.25) is 4.98 Å². The van der Waals surface area contributed by atoms with Crippen LogP contribution < -0.4 is 5.32 Å². The normalized spacial score (nSPS) is 14.1. The minimum Gasteiger partial charge on any atom is -0.472 e. The van der Waals surface area contributed by atoms with E-state index in [4.69, 9.17) is 9.40 Å². The van der Waals surface area contributed by atoms with Crippen molar-refractivity contribution < 1.29 is 4.42 Å². The van der Waals surface area contributed by atoms with Crippen molar-refractivity contribution >= 4 is 16.6 Å². The van der Waals surface area contributed by atoms with E-state index in [0.717, 1.165) is 29.5 Å². The zero-order valence-corrected chi connectivity index (χ0v) is 12.1. The van der Waals surface area contributed by atoms with Crippen LogP contribution in [-0.4, -0.2) is 12.0 Å². The number of anilines is 1. The fraction of sp³-hybridized carbons (Fsp3) is 0.278. The van der Waals surface area contributed by atoms with Gasteiger partial charge in [0.15, 0.2) is 0 Å². The van der Waals surface area contributed by atoms with Crippen LogP contribution in [0.5, 0.6) is 0 Å². The summed E-state index contributed by atoms with van der Waals surface area (Å²) in [5.41, 5.74) is 7.26. The standard InChI is InChI=1S/C18H18N2O/c1-19-18-14-4-2-3-5-16(14)20-17-10-12(6-7-15(17)18)13-8-9-21-11-13/h6-11H,2-5H2,1H3,(H,19,20). The number of pyridine rings is 1. The van der Waals surface area contributed by atoms with E-state index < -0.39 is 0 Å². The molecule has 0 saturated heterocycles. The molecular formula is C18H18N2O. The molecule has 3 heteroatoms. The number of nitrogens with zero attached hydrogens (tertiary/aromatic N) is 1. The molecule has 106 valence electrons. The van der Waals surface area contributed by atoms with Crippen molar-refractivity contribution in [3.05, 3.63) is 48.0 Å². The number of fused-ring (bicyclic) bond motifs is 2. The minimum absolute atomic E-state index is 1.07. The fourth-order valence-electron chi connectivity index (χ4n) is 3.32. The Morgan fingerprint density at radius 3 is 2.81 bits per heavy atom. The molecule has 1 aliphatic carbocycles. The number of hydrogen-bond donors (Lipinski definition) is 1. The molecule has 0 spiro atoms. The summed E-state index contributed by atoms with van der Waals surface area (Å²) in [5.74, 6) is 0. The Bertz CT molecular complexity index is 791. The summed E-state index contributed by atoms with van der Waals surface area (Å²) >= 11 is 0. The summed E-state index contributed by atoms with van der Waals surface area (Å²) in [6, 6.07) is 8.46. The molecule has 4 rings (SSSR count). The van der Waals surface area contributed by atoms with E-state index in [0.29, 0.717) is 0 Å². The Morgan fingerprint density at radius 2 is 2.00 bits per heavy atom. The Kier molecular flexibility index (Phi) is 2.92. The number of nitrogens with one attached hydrogen (secondary N) is 1. The highest BCUT2D eigenvalue weighted by atomic mass is 16.3. The smallest absolute Gasteiger partial charge is 0.0980 e. The highest BCUT2D eigenvalue weighted by Crippen LogP contribution is 2.34. The van der Waals surface area contributed by atoms with Gasteiger partial charge in [-0.25, -0.2) is 0 Å². The van der Waals surface area contributed by atoms with Crippen molar-refractivity contribution in [2.75, 3.05) is 12.4 Å². The number of benzene rings is 1. The highest BCUT2D eigenvalue weighted by molar-refractivity contribution is 5.95. The first-order valence-electron chi connectivity index (χ1n) is 7.52. The first kappa shape index (κ1) is 12.5. The molecule has 3 nitrogen and oxygen atoms in total. The van der Waals surface area contributed by atoms with Crippen LogP contribution >= 0.6 is 0 Å². The Hall–Kier alpha value is -2.29. The molecule has 21 heavy (non-hydrogen) atoms. The largest absolute Gasteiger partial charge is 0.472 e. The maximum atomic E-state index is 5.18. The van der Waals surface area contributed by atoms with E-state index >= 15 is 0 Å². The van der Waals surface area contributed by atoms with E-state index in [9.17, 15) is 0 Å². The van der Waals surface area contributed by atoms with Crippen molar-refractivity contribution in [1.29, 1.82) is 0 Å². The monoisotopic (exact) mass is 278 g/mol. The van der Waals surface area contributed by atoms with Crippen LogP contribution in [0.3, 0.4) is 0 Å². The summed E-state index contributed by atoms with van der Waals surface area (Å²) in [6.45, 7) is 0. The molecule has 2 heterocycles. The molecular weight excluding hydrogens is 260 g/mol. The molecule has 1 aromatic carbocycles. The Morgan fingerprint density at radius 1 is 1.10 bits per heavy atom. The molecule has 0 saturated carbocycles. The lowest BCUT2D eigenvalue weighted by molar-refractivity contribution is 0.568. The lowest BCUT2D eigenvalue weighted by Gasteiger charge is -2.20. The Balaban J connectivity index is 1.95. The van der Waals surface area contributed by atoms with Crippen LogP contribution in [-0.2, 0) is 12.8 Å². The molecule has 3 aromatic rings. The van der Waals surface area contributed by atoms with Gasteiger partial charge >= 0.3 is 0 Å². The number of aromatic nitrogens is 1. The van der Waals surface area contributed by atoms with Crippen molar-refractivity contribution in [3.63, 3.8) is 0 Å². The second kappa shape index (κ2) is 4.92. The maximum Gasteiger partial charge on any atom is 0.0980 e. The van der Waals surface area contributed by atoms with Gasteiger partial charge in [-0.15, -0.1) is 0 Å². The van der Waals surface area contributed by atoms with E-state index in [2.05, 4.69) is 23.5 Å². The average molecular weight is 278 g/mol. The van der Waals surface area contributed by atoms with Crippen LogP contribution in [0.15, 0.2) is 41.2 Å². The Labute approximate surface area is 124 Å². The highest BCUT2D eigenvalue weighted by Gasteiger charge is 2.17. The summed E-state index contributed by atoms with van der Waals surface area (Å²) in [6.07, 6.45) is 8.23. The molecule has 0 aliphatic heterocycles. The molecule has 0 radical (unpaired) electrons. The van der Waals surface area contributed by atoms with Gasteiger partial charge in [-0.2, -0.15) is 0 Å². The first-order valence-corrected chi connectivity index (χ1v) is 7.52. The van der Waals surface area contributed by atoms with Gasteiger partial charge < -0.3 is 9.73 Å². The predicted molar refractivity (Wildman–Crippen MR) is 85.6 cm³/mol. The molecule has 2 aromatic heterocycles. The lowest BCUT2D eigenvalue weighted by atomic mass is 9.92. The fourth-order valence-corrected chi connectivity index (χ4v) is 3.32. The molecule has 0 amide bonds. The van der Waals surface area contributed by atoms with E-state index in [1.54, 1.807) is 12.5 Å². The maximum absolute atomic E-state index is 5.18. The third kappa shape index (κ3) is 2.00. The summed E-state index contributed by atoms with van der Waals surface area (Å²) in [7, 11) is 2.01. The van der Waals surface area contributed by atoms with Crippen LogP contribution in [0.1, 0.15) is 24.1 Å². The van der Waals surface area contributed by atoms with Crippen LogP contribution in [0.4, 0.5) is 5.69 Å². The molecule has 1 N–H and O–H groups in total. The van der Waals surface area contributed by atoms with Gasteiger partial charge in [-0.1, -0.05) is 12.1 Å². The van der Waals surface area contributed by atoms with Crippen molar-refractivity contribution in [1.82, 2.24) is 4.98 Å². The molecule has 0 atom stereocenters. The topological polar surface area (TPSA) is 38.1 Å². The molecule has 0 fully saturated rings. The van der Waals surface area contributed by atoms with Crippen molar-refractivity contribution in [2.24, 2.45) is 0 Å². The number of aryl methyl sites for hydroxylation is 1. The zero-order valence-electron chi connectivity index (χ0n) is 12.1. The SMILES string of the molecule is CNc1c2c(nc3cc(-c4ccoc4)ccc13)CCCC2. The molecule has 0 bridgehead atoms. The second-order valence-electron chi connectivity index (χ2n) is 5.61. The number of furan rings is 1. The van der Waals surface area contributed by atoms with Gasteiger partial charge in [0, 0.05) is 29.4 Å². The van der Waals surface area contributed by atoms with E-state index in [1.165, 1.54) is 35.2 Å². The van der Waals surface area contributed by atoms with Gasteiger partial charge in [-0.05, 0) is 48.9 Å². The third-order valence-electron chi connectivity index (χ3n) is 4.37. The lowest BCUT2D eigenvalue weighted by Crippen LogP contribution is -2.09. The van der Waals surface area contributed by atoms with Crippen LogP contribution in [0.25, 0.3) is 22.0 Å². The average Bonchev–Trinajstić information content (AvgIpc) is 3.06. The quantitative estimate of drug-likeness (QED) is 0.754. The van der Waals surface area contributed by atoms with Gasteiger partial charge in [0.2, 0.25) is 0 Å². The zero-order chi connectivity index (χ0) is 14.2. The predicted octanol–water partition coefficient (Wildman–Crippen LogP) is 4.42. The second-order valence-corrected chi connectivity index (χ2v) is 5.61. The number of rotatable bonds is 2. The third-order valence-corrected chi connectivity index (χ3v) is 4.37. The summed E-state index contributed by atoms with van der Waals surface area (Å²) < 4.78 is 5.18. The summed E-state index contributed by atoms with van der Waals surface area (Å²) in [4.78, 5) is 4.92. The van der Waals surface area contributed by atoms with E-state index in [-0.39, 0.29) is 0 Å². The minimum atomic E-state index is 1.07. The van der Waals surface area contributed by atoms with Crippen LogP contribution in [0.2, 0.25) is 0 Å². The first-order chi connectivity index (χ1) is 10.4. The number of hydrogen-bond acceptors (Lipinski definition) is 3. The van der Waals surface area contributed by atoms with Gasteiger partial charge in [0.25, 0.3) is 0 Å². The van der Waals surface area contributed by atoms with Gasteiger partial charge in [0.1, 0.15) is 0 Å². The van der Waals surface area contributed by atoms with Crippen molar-refractivity contribution in [2.45, 2.75) is 25.7 Å². The molecule has 0 unspecified atom stereocenters.